The standard InChI is InChI=1S/C34H42N2O4/c1-25(38)35-22-27-8-7-9-31(20-27)28-14-16-30(17-15-28)34-39-32(23-36-18-5-3-2-4-6-19-36)21-33(40-34)29-12-10-26(24-37)11-13-29/h7-17,20,32-34,37H,2-6,18-19,21-24H2,1H3,(H,35,38)/t32-,33+,34+/m0/s1. The van der Waals surface area contributed by atoms with E-state index in [1.54, 1.807) is 0 Å². The first-order chi connectivity index (χ1) is 19.6. The summed E-state index contributed by atoms with van der Waals surface area (Å²) in [7, 11) is 0. The van der Waals surface area contributed by atoms with Crippen LogP contribution >= 0.6 is 0 Å². The van der Waals surface area contributed by atoms with Crippen molar-refractivity contribution >= 4 is 5.91 Å². The van der Waals surface area contributed by atoms with Crippen molar-refractivity contribution in [3.8, 4) is 11.1 Å². The highest BCUT2D eigenvalue weighted by molar-refractivity contribution is 5.73. The molecule has 2 aliphatic heterocycles. The van der Waals surface area contributed by atoms with Crippen LogP contribution in [0.5, 0.6) is 0 Å². The van der Waals surface area contributed by atoms with Crippen molar-refractivity contribution < 1.29 is 19.4 Å². The van der Waals surface area contributed by atoms with Crippen molar-refractivity contribution in [3.63, 3.8) is 0 Å². The highest BCUT2D eigenvalue weighted by Crippen LogP contribution is 2.38. The van der Waals surface area contributed by atoms with Crippen LogP contribution in [0.25, 0.3) is 11.1 Å². The Morgan fingerprint density at radius 2 is 1.55 bits per heavy atom. The van der Waals surface area contributed by atoms with Crippen LogP contribution in [0.3, 0.4) is 0 Å². The zero-order valence-electron chi connectivity index (χ0n) is 23.6. The second-order valence-corrected chi connectivity index (χ2v) is 11.2. The molecular formula is C34H42N2O4. The summed E-state index contributed by atoms with van der Waals surface area (Å²) in [5, 5.41) is 12.4. The van der Waals surface area contributed by atoms with Gasteiger partial charge in [-0.2, -0.15) is 0 Å². The molecule has 3 atom stereocenters. The van der Waals surface area contributed by atoms with Gasteiger partial charge in [-0.15, -0.1) is 0 Å². The van der Waals surface area contributed by atoms with Gasteiger partial charge < -0.3 is 24.8 Å². The van der Waals surface area contributed by atoms with E-state index in [0.29, 0.717) is 6.54 Å². The van der Waals surface area contributed by atoms with Crippen LogP contribution in [0.2, 0.25) is 0 Å². The van der Waals surface area contributed by atoms with E-state index in [-0.39, 0.29) is 24.7 Å². The van der Waals surface area contributed by atoms with Gasteiger partial charge in [-0.25, -0.2) is 0 Å². The molecule has 0 saturated carbocycles. The van der Waals surface area contributed by atoms with Crippen LogP contribution in [0, 0.1) is 0 Å². The summed E-state index contributed by atoms with van der Waals surface area (Å²) < 4.78 is 13.2. The Morgan fingerprint density at radius 3 is 2.25 bits per heavy atom. The topological polar surface area (TPSA) is 71.0 Å². The van der Waals surface area contributed by atoms with Crippen molar-refractivity contribution in [2.75, 3.05) is 19.6 Å². The Balaban J connectivity index is 1.33. The first-order valence-corrected chi connectivity index (χ1v) is 14.7. The lowest BCUT2D eigenvalue weighted by Crippen LogP contribution is -2.40. The summed E-state index contributed by atoms with van der Waals surface area (Å²) in [5.74, 6) is -0.0328. The van der Waals surface area contributed by atoms with E-state index in [9.17, 15) is 9.90 Å². The van der Waals surface area contributed by atoms with Crippen molar-refractivity contribution in [2.24, 2.45) is 0 Å². The number of hydrogen-bond acceptors (Lipinski definition) is 5. The highest BCUT2D eigenvalue weighted by Gasteiger charge is 2.33. The average molecular weight is 543 g/mol. The number of benzene rings is 3. The van der Waals surface area contributed by atoms with Gasteiger partial charge in [-0.1, -0.05) is 86.0 Å². The molecule has 3 aromatic rings. The van der Waals surface area contributed by atoms with E-state index in [0.717, 1.165) is 59.4 Å². The quantitative estimate of drug-likeness (QED) is 0.350. The summed E-state index contributed by atoms with van der Waals surface area (Å²) in [6, 6.07) is 24.8. The lowest BCUT2D eigenvalue weighted by Gasteiger charge is -2.38. The number of likely N-dealkylation sites (tertiary alicyclic amines) is 1. The average Bonchev–Trinajstić information content (AvgIpc) is 2.97. The van der Waals surface area contributed by atoms with E-state index in [1.807, 2.05) is 24.3 Å². The van der Waals surface area contributed by atoms with Gasteiger partial charge in [0, 0.05) is 32.0 Å². The molecule has 6 heteroatoms. The van der Waals surface area contributed by atoms with Crippen molar-refractivity contribution in [2.45, 2.75) is 77.1 Å². The van der Waals surface area contributed by atoms with Gasteiger partial charge in [0.2, 0.25) is 5.91 Å². The Labute approximate surface area is 238 Å². The maximum atomic E-state index is 11.3. The molecule has 0 unspecified atom stereocenters. The van der Waals surface area contributed by atoms with E-state index >= 15 is 0 Å². The third kappa shape index (κ3) is 7.79. The zero-order valence-corrected chi connectivity index (χ0v) is 23.6. The number of rotatable bonds is 8. The summed E-state index contributed by atoms with van der Waals surface area (Å²) in [5.41, 5.74) is 6.32. The number of nitrogens with one attached hydrogen (secondary N) is 1. The van der Waals surface area contributed by atoms with E-state index in [4.69, 9.17) is 9.47 Å². The molecule has 0 radical (unpaired) electrons. The Bertz CT molecular complexity index is 1220. The van der Waals surface area contributed by atoms with Gasteiger partial charge in [-0.3, -0.25) is 4.79 Å². The van der Waals surface area contributed by atoms with Crippen LogP contribution in [0.1, 0.15) is 80.1 Å². The lowest BCUT2D eigenvalue weighted by atomic mass is 9.98. The van der Waals surface area contributed by atoms with Crippen LogP contribution in [0.15, 0.2) is 72.8 Å². The van der Waals surface area contributed by atoms with E-state index in [1.165, 1.54) is 39.0 Å². The number of aliphatic hydroxyl groups excluding tert-OH is 1. The minimum Gasteiger partial charge on any atom is -0.392 e. The third-order valence-corrected chi connectivity index (χ3v) is 8.01. The van der Waals surface area contributed by atoms with Gasteiger partial charge in [0.25, 0.3) is 0 Å². The largest absolute Gasteiger partial charge is 0.392 e. The molecule has 0 bridgehead atoms. The molecule has 5 rings (SSSR count). The predicted molar refractivity (Wildman–Crippen MR) is 157 cm³/mol. The normalized spacial score (nSPS) is 22.3. The number of nitrogens with zero attached hydrogens (tertiary/aromatic N) is 1. The highest BCUT2D eigenvalue weighted by atomic mass is 16.7. The maximum Gasteiger partial charge on any atom is 0.217 e. The number of amides is 1. The molecule has 6 nitrogen and oxygen atoms in total. The monoisotopic (exact) mass is 542 g/mol. The van der Waals surface area contributed by atoms with E-state index < -0.39 is 6.29 Å². The van der Waals surface area contributed by atoms with Gasteiger partial charge in [-0.05, 0) is 59.8 Å². The fourth-order valence-corrected chi connectivity index (χ4v) is 5.74. The number of carbonyl (C=O) groups excluding carboxylic acids is 1. The fourth-order valence-electron chi connectivity index (χ4n) is 5.74. The summed E-state index contributed by atoms with van der Waals surface area (Å²) in [6.45, 7) is 5.28. The molecule has 2 heterocycles. The van der Waals surface area contributed by atoms with E-state index in [2.05, 4.69) is 58.7 Å². The molecule has 3 aromatic carbocycles. The SMILES string of the molecule is CC(=O)NCc1cccc(-c2ccc([C@@H]3O[C@H](CN4CCCCCCC4)C[C@H](c4ccc(CO)cc4)O3)cc2)c1. The molecule has 0 aromatic heterocycles. The summed E-state index contributed by atoms with van der Waals surface area (Å²) >= 11 is 0. The second-order valence-electron chi connectivity index (χ2n) is 11.2. The number of aliphatic hydroxyl groups is 1. The van der Waals surface area contributed by atoms with Crippen LogP contribution in [-0.2, 0) is 27.4 Å². The molecule has 2 fully saturated rings. The maximum absolute atomic E-state index is 11.3. The molecule has 2 aliphatic rings. The first kappa shape index (κ1) is 28.5. The van der Waals surface area contributed by atoms with Crippen LogP contribution in [-0.4, -0.2) is 41.7 Å². The molecule has 40 heavy (non-hydrogen) atoms. The van der Waals surface area contributed by atoms with Crippen LogP contribution < -0.4 is 5.32 Å². The van der Waals surface area contributed by atoms with Gasteiger partial charge in [0.15, 0.2) is 6.29 Å². The number of hydrogen-bond donors (Lipinski definition) is 2. The minimum absolute atomic E-state index is 0.0328. The first-order valence-electron chi connectivity index (χ1n) is 14.7. The minimum atomic E-state index is -0.448. The van der Waals surface area contributed by atoms with Crippen molar-refractivity contribution in [1.29, 1.82) is 0 Å². The van der Waals surface area contributed by atoms with Crippen LogP contribution in [0.4, 0.5) is 0 Å². The molecule has 212 valence electrons. The second kappa shape index (κ2) is 14.0. The Morgan fingerprint density at radius 1 is 0.850 bits per heavy atom. The number of ether oxygens (including phenoxy) is 2. The molecule has 1 amide bonds. The van der Waals surface area contributed by atoms with Gasteiger partial charge in [0.05, 0.1) is 18.8 Å². The van der Waals surface area contributed by atoms with Crippen molar-refractivity contribution in [1.82, 2.24) is 10.2 Å². The molecular weight excluding hydrogens is 500 g/mol. The number of carbonyl (C=O) groups is 1. The zero-order chi connectivity index (χ0) is 27.7. The third-order valence-electron chi connectivity index (χ3n) is 8.01. The molecule has 2 saturated heterocycles. The summed E-state index contributed by atoms with van der Waals surface area (Å²) in [4.78, 5) is 13.9. The summed E-state index contributed by atoms with van der Waals surface area (Å²) in [6.07, 6.45) is 6.86. The Hall–Kier alpha value is -3.03. The lowest BCUT2D eigenvalue weighted by molar-refractivity contribution is -0.253. The predicted octanol–water partition coefficient (Wildman–Crippen LogP) is 6.29. The molecule has 0 spiro atoms. The molecule has 0 aliphatic carbocycles. The van der Waals surface area contributed by atoms with Crippen molar-refractivity contribution in [3.05, 3.63) is 95.1 Å². The fraction of sp³-hybridized carbons (Fsp3) is 0.441. The van der Waals surface area contributed by atoms with Gasteiger partial charge in [0.1, 0.15) is 0 Å². The van der Waals surface area contributed by atoms with Gasteiger partial charge >= 0.3 is 0 Å². The smallest absolute Gasteiger partial charge is 0.217 e. The molecule has 2 N–H and O–H groups in total. The Kier molecular flexibility index (Phi) is 10.0.